The van der Waals surface area contributed by atoms with Gasteiger partial charge in [-0.3, -0.25) is 14.8 Å². The number of carbonyl (C=O) groups excluding carboxylic acids is 1. The molecule has 0 unspecified atom stereocenters. The molecule has 2 aromatic carbocycles. The van der Waals surface area contributed by atoms with Gasteiger partial charge in [-0.1, -0.05) is 12.1 Å². The summed E-state index contributed by atoms with van der Waals surface area (Å²) in [6.45, 7) is 1.64. The maximum atomic E-state index is 14.7. The fraction of sp³-hybridized carbons (Fsp3) is 0.286. The molecule has 206 valence electrons. The first kappa shape index (κ1) is 26.1. The zero-order chi connectivity index (χ0) is 27.9. The van der Waals surface area contributed by atoms with Crippen LogP contribution in [0.15, 0.2) is 59.9 Å². The van der Waals surface area contributed by atoms with Crippen molar-refractivity contribution in [2.24, 2.45) is 0 Å². The largest absolute Gasteiger partial charge is 0.489 e. The van der Waals surface area contributed by atoms with Crippen molar-refractivity contribution in [1.82, 2.24) is 20.3 Å². The summed E-state index contributed by atoms with van der Waals surface area (Å²) in [6.07, 6.45) is 7.03. The van der Waals surface area contributed by atoms with Gasteiger partial charge in [0.15, 0.2) is 11.6 Å². The lowest BCUT2D eigenvalue weighted by Gasteiger charge is -2.16. The average molecular weight is 566 g/mol. The van der Waals surface area contributed by atoms with Gasteiger partial charge in [-0.25, -0.2) is 22.2 Å². The standard InChI is InChI=1S/C28H25F2N5O4S/c29-22-11-20(12-24-27(22)39-8-5-25(30)40(24,37)38)28(36)33-14-21-10-19-9-17(3-4-18(19)13-32-21)23-15-31-16-26(34-23)35-6-1-2-7-35/h3-4,9-13,15-16,25H,1-2,5-8,14H2,(H,33,36)/t25-/m1/s1. The lowest BCUT2D eigenvalue weighted by atomic mass is 10.1. The number of nitrogens with one attached hydrogen (secondary N) is 1. The molecule has 2 aromatic heterocycles. The van der Waals surface area contributed by atoms with Gasteiger partial charge in [-0.15, -0.1) is 0 Å². The van der Waals surface area contributed by atoms with E-state index in [-0.39, 0.29) is 18.7 Å². The van der Waals surface area contributed by atoms with Gasteiger partial charge in [0.25, 0.3) is 5.91 Å². The van der Waals surface area contributed by atoms with Gasteiger partial charge < -0.3 is 15.0 Å². The molecule has 0 bridgehead atoms. The van der Waals surface area contributed by atoms with Crippen LogP contribution in [0.4, 0.5) is 14.6 Å². The summed E-state index contributed by atoms with van der Waals surface area (Å²) in [4.78, 5) is 27.9. The number of rotatable bonds is 5. The normalized spacial score (nSPS) is 18.1. The third kappa shape index (κ3) is 4.94. The number of pyridine rings is 1. The summed E-state index contributed by atoms with van der Waals surface area (Å²) >= 11 is 0. The van der Waals surface area contributed by atoms with Crippen molar-refractivity contribution in [2.75, 3.05) is 24.6 Å². The van der Waals surface area contributed by atoms with Gasteiger partial charge in [0.05, 0.1) is 36.9 Å². The van der Waals surface area contributed by atoms with Crippen molar-refractivity contribution in [1.29, 1.82) is 0 Å². The van der Waals surface area contributed by atoms with Crippen LogP contribution < -0.4 is 15.0 Å². The van der Waals surface area contributed by atoms with Crippen LogP contribution in [-0.4, -0.2) is 54.5 Å². The first-order valence-electron chi connectivity index (χ1n) is 12.9. The highest BCUT2D eigenvalue weighted by atomic mass is 32.2. The highest BCUT2D eigenvalue weighted by Gasteiger charge is 2.35. The molecule has 1 fully saturated rings. The Morgan fingerprint density at radius 2 is 1.90 bits per heavy atom. The summed E-state index contributed by atoms with van der Waals surface area (Å²) in [6, 6.07) is 9.50. The second kappa shape index (κ2) is 10.4. The van der Waals surface area contributed by atoms with Gasteiger partial charge >= 0.3 is 0 Å². The molecule has 1 amide bonds. The van der Waals surface area contributed by atoms with Gasteiger partial charge in [0, 0.05) is 42.2 Å². The molecule has 2 aliphatic rings. The second-order valence-electron chi connectivity index (χ2n) is 9.75. The Labute approximate surface area is 229 Å². The van der Waals surface area contributed by atoms with Crippen LogP contribution in [0.25, 0.3) is 22.0 Å². The molecule has 4 heterocycles. The number of benzene rings is 2. The molecule has 1 N–H and O–H groups in total. The molecule has 0 radical (unpaired) electrons. The lowest BCUT2D eigenvalue weighted by molar-refractivity contribution is 0.0949. The number of fused-ring (bicyclic) bond motifs is 2. The van der Waals surface area contributed by atoms with E-state index in [1.165, 1.54) is 0 Å². The molecular weight excluding hydrogens is 540 g/mol. The van der Waals surface area contributed by atoms with E-state index in [1.807, 2.05) is 24.3 Å². The SMILES string of the molecule is O=C(NCc1cc2cc(-c3cncc(N4CCCC4)n3)ccc2cn1)c1cc(F)c2c(c1)S(=O)(=O)[C@@H](F)CCO2. The molecule has 0 saturated carbocycles. The van der Waals surface area contributed by atoms with Crippen LogP contribution in [0, 0.1) is 5.82 Å². The van der Waals surface area contributed by atoms with Crippen molar-refractivity contribution >= 4 is 32.3 Å². The minimum absolute atomic E-state index is 0.00303. The topological polar surface area (TPSA) is 114 Å². The Kier molecular flexibility index (Phi) is 6.78. The Morgan fingerprint density at radius 3 is 2.73 bits per heavy atom. The number of carbonyl (C=O) groups is 1. The zero-order valence-electron chi connectivity index (χ0n) is 21.3. The van der Waals surface area contributed by atoms with E-state index in [9.17, 15) is 22.0 Å². The predicted octanol–water partition coefficient (Wildman–Crippen LogP) is 4.21. The van der Waals surface area contributed by atoms with E-state index < -0.39 is 44.1 Å². The average Bonchev–Trinajstić information content (AvgIpc) is 3.48. The molecule has 12 heteroatoms. The number of nitrogens with zero attached hydrogens (tertiary/aromatic N) is 4. The predicted molar refractivity (Wildman–Crippen MR) is 144 cm³/mol. The number of aromatic nitrogens is 3. The smallest absolute Gasteiger partial charge is 0.251 e. The van der Waals surface area contributed by atoms with E-state index in [2.05, 4.69) is 20.2 Å². The van der Waals surface area contributed by atoms with Crippen molar-refractivity contribution in [3.8, 4) is 17.0 Å². The number of hydrogen-bond donors (Lipinski definition) is 1. The number of halogens is 2. The lowest BCUT2D eigenvalue weighted by Crippen LogP contribution is -2.24. The van der Waals surface area contributed by atoms with Crippen molar-refractivity contribution in [3.63, 3.8) is 0 Å². The first-order valence-corrected chi connectivity index (χ1v) is 14.4. The summed E-state index contributed by atoms with van der Waals surface area (Å²) in [7, 11) is -4.50. The highest BCUT2D eigenvalue weighted by molar-refractivity contribution is 7.92. The summed E-state index contributed by atoms with van der Waals surface area (Å²) in [5.74, 6) is -1.50. The van der Waals surface area contributed by atoms with E-state index in [0.29, 0.717) is 5.69 Å². The third-order valence-corrected chi connectivity index (χ3v) is 8.89. The molecule has 2 aliphatic heterocycles. The van der Waals surface area contributed by atoms with Crippen LogP contribution in [0.2, 0.25) is 0 Å². The molecule has 0 spiro atoms. The van der Waals surface area contributed by atoms with Crippen LogP contribution >= 0.6 is 0 Å². The molecular formula is C28H25F2N5O4S. The minimum Gasteiger partial charge on any atom is -0.489 e. The summed E-state index contributed by atoms with van der Waals surface area (Å²) in [5, 5.41) is 4.39. The number of anilines is 1. The molecule has 40 heavy (non-hydrogen) atoms. The highest BCUT2D eigenvalue weighted by Crippen LogP contribution is 2.35. The number of ether oxygens (including phenoxy) is 1. The third-order valence-electron chi connectivity index (χ3n) is 7.06. The first-order chi connectivity index (χ1) is 19.3. The van der Waals surface area contributed by atoms with Crippen LogP contribution in [-0.2, 0) is 16.4 Å². The molecule has 1 saturated heterocycles. The van der Waals surface area contributed by atoms with Gasteiger partial charge in [0.1, 0.15) is 10.7 Å². The fourth-order valence-corrected chi connectivity index (χ4v) is 6.29. The van der Waals surface area contributed by atoms with Crippen LogP contribution in [0.5, 0.6) is 5.75 Å². The van der Waals surface area contributed by atoms with Gasteiger partial charge in [0.2, 0.25) is 15.3 Å². The number of alkyl halides is 1. The molecule has 1 atom stereocenters. The number of amides is 1. The van der Waals surface area contributed by atoms with E-state index in [1.54, 1.807) is 18.6 Å². The Morgan fingerprint density at radius 1 is 1.07 bits per heavy atom. The molecule has 0 aliphatic carbocycles. The number of sulfone groups is 1. The van der Waals surface area contributed by atoms with E-state index >= 15 is 0 Å². The van der Waals surface area contributed by atoms with Crippen LogP contribution in [0.1, 0.15) is 35.3 Å². The van der Waals surface area contributed by atoms with Crippen LogP contribution in [0.3, 0.4) is 0 Å². The maximum absolute atomic E-state index is 14.7. The van der Waals surface area contributed by atoms with Gasteiger partial charge in [-0.05, 0) is 42.5 Å². The fourth-order valence-electron chi connectivity index (χ4n) is 4.91. The Hall–Kier alpha value is -4.19. The monoisotopic (exact) mass is 565 g/mol. The number of hydrogen-bond acceptors (Lipinski definition) is 8. The summed E-state index contributed by atoms with van der Waals surface area (Å²) in [5.41, 5.74) is -0.344. The van der Waals surface area contributed by atoms with Crippen molar-refractivity contribution in [3.05, 3.63) is 72.1 Å². The second-order valence-corrected chi connectivity index (χ2v) is 11.8. The van der Waals surface area contributed by atoms with Crippen molar-refractivity contribution in [2.45, 2.75) is 36.2 Å². The van der Waals surface area contributed by atoms with E-state index in [4.69, 9.17) is 9.72 Å². The quantitative estimate of drug-likeness (QED) is 0.383. The maximum Gasteiger partial charge on any atom is 0.251 e. The molecule has 9 nitrogen and oxygen atoms in total. The van der Waals surface area contributed by atoms with E-state index in [0.717, 1.165) is 65.9 Å². The zero-order valence-corrected chi connectivity index (χ0v) is 22.1. The molecule has 6 rings (SSSR count). The minimum atomic E-state index is -4.50. The van der Waals surface area contributed by atoms with Gasteiger partial charge in [-0.2, -0.15) is 0 Å². The molecule has 4 aromatic rings. The Balaban J connectivity index is 1.22. The van der Waals surface area contributed by atoms with Crippen molar-refractivity contribution < 1.29 is 26.7 Å². The summed E-state index contributed by atoms with van der Waals surface area (Å²) < 4.78 is 58.9. The Bertz CT molecular complexity index is 1730.